The lowest BCUT2D eigenvalue weighted by Gasteiger charge is -2.20. The highest BCUT2D eigenvalue weighted by atomic mass is 32.2. The molecule has 2 aliphatic heterocycles. The van der Waals surface area contributed by atoms with Gasteiger partial charge >= 0.3 is 0 Å². The number of nitrogens with zero attached hydrogens (tertiary/aromatic N) is 3. The molecule has 1 atom stereocenters. The van der Waals surface area contributed by atoms with Gasteiger partial charge in [0.1, 0.15) is 16.7 Å². The number of carbonyl (C=O) groups excluding carboxylic acids is 1. The number of hydrogen-bond acceptors (Lipinski definition) is 7. The van der Waals surface area contributed by atoms with Gasteiger partial charge in [-0.2, -0.15) is 5.10 Å². The number of thiocarbonyl (C=S) groups is 1. The Morgan fingerprint density at radius 1 is 1.17 bits per heavy atom. The maximum Gasteiger partial charge on any atom is 0.266 e. The van der Waals surface area contributed by atoms with Crippen LogP contribution in [0, 0.1) is 0 Å². The van der Waals surface area contributed by atoms with Gasteiger partial charge in [0.2, 0.25) is 0 Å². The molecular weight excluding hydrogens is 515 g/mol. The highest BCUT2D eigenvalue weighted by Gasteiger charge is 2.42. The Labute approximate surface area is 219 Å². The van der Waals surface area contributed by atoms with Gasteiger partial charge in [0.25, 0.3) is 5.91 Å². The quantitative estimate of drug-likeness (QED) is 0.250. The van der Waals surface area contributed by atoms with Crippen LogP contribution in [0.15, 0.2) is 78.4 Å². The van der Waals surface area contributed by atoms with E-state index in [1.165, 1.54) is 16.7 Å². The highest BCUT2D eigenvalue weighted by Crippen LogP contribution is 2.38. The van der Waals surface area contributed by atoms with Crippen molar-refractivity contribution >= 4 is 50.1 Å². The standard InChI is InChI=1S/C26H23N3O4S3/c1-2-13-33-22-10-8-18(9-11-22)24-19(16-28(27-24)20-6-4-3-5-7-20)15-23-25(30)29(26(34)35-23)21-12-14-36(31,32)17-21/h2-11,15-16,21H,1,12-14,17H2/b23-15-/t21-/m0/s1. The van der Waals surface area contributed by atoms with E-state index in [2.05, 4.69) is 6.58 Å². The summed E-state index contributed by atoms with van der Waals surface area (Å²) < 4.78 is 31.7. The van der Waals surface area contributed by atoms with E-state index in [4.69, 9.17) is 22.1 Å². The molecule has 2 aromatic carbocycles. The molecule has 7 nitrogen and oxygen atoms in total. The Morgan fingerprint density at radius 3 is 2.58 bits per heavy atom. The average Bonchev–Trinajstić information content (AvgIpc) is 3.53. The summed E-state index contributed by atoms with van der Waals surface area (Å²) in [6.07, 6.45) is 5.75. The number of carbonyl (C=O) groups is 1. The summed E-state index contributed by atoms with van der Waals surface area (Å²) in [6.45, 7) is 4.08. The van der Waals surface area contributed by atoms with Crippen molar-refractivity contribution in [3.05, 3.63) is 83.9 Å². The van der Waals surface area contributed by atoms with Gasteiger partial charge < -0.3 is 4.74 Å². The van der Waals surface area contributed by atoms with E-state index in [-0.39, 0.29) is 17.4 Å². The third-order valence-corrected chi connectivity index (χ3v) is 9.02. The Bertz CT molecular complexity index is 1460. The molecule has 0 spiro atoms. The first-order chi connectivity index (χ1) is 17.3. The van der Waals surface area contributed by atoms with Crippen molar-refractivity contribution < 1.29 is 17.9 Å². The number of amides is 1. The lowest BCUT2D eigenvalue weighted by molar-refractivity contribution is -0.123. The molecular formula is C26H23N3O4S3. The minimum Gasteiger partial charge on any atom is -0.490 e. The van der Waals surface area contributed by atoms with E-state index in [0.717, 1.165) is 22.6 Å². The van der Waals surface area contributed by atoms with Crippen molar-refractivity contribution in [1.82, 2.24) is 14.7 Å². The van der Waals surface area contributed by atoms with Gasteiger partial charge in [-0.25, -0.2) is 13.1 Å². The molecule has 3 heterocycles. The Morgan fingerprint density at radius 2 is 1.92 bits per heavy atom. The van der Waals surface area contributed by atoms with Crippen LogP contribution in [-0.4, -0.2) is 57.5 Å². The minimum absolute atomic E-state index is 0.0514. The van der Waals surface area contributed by atoms with Crippen molar-refractivity contribution in [2.45, 2.75) is 12.5 Å². The first kappa shape index (κ1) is 24.5. The van der Waals surface area contributed by atoms with Crippen molar-refractivity contribution in [3.8, 4) is 22.7 Å². The smallest absolute Gasteiger partial charge is 0.266 e. The third kappa shape index (κ3) is 5.02. The summed E-state index contributed by atoms with van der Waals surface area (Å²) in [5.41, 5.74) is 3.19. The van der Waals surface area contributed by atoms with Crippen LogP contribution in [0.3, 0.4) is 0 Å². The largest absolute Gasteiger partial charge is 0.490 e. The topological polar surface area (TPSA) is 81.5 Å². The Hall–Kier alpha value is -3.21. The molecule has 0 N–H and O–H groups in total. The van der Waals surface area contributed by atoms with Gasteiger partial charge in [0.15, 0.2) is 9.84 Å². The van der Waals surface area contributed by atoms with E-state index in [9.17, 15) is 13.2 Å². The van der Waals surface area contributed by atoms with E-state index in [0.29, 0.717) is 27.9 Å². The van der Waals surface area contributed by atoms with Crippen molar-refractivity contribution in [1.29, 1.82) is 0 Å². The zero-order chi connectivity index (χ0) is 25.3. The van der Waals surface area contributed by atoms with Crippen LogP contribution in [0.2, 0.25) is 0 Å². The predicted octanol–water partition coefficient (Wildman–Crippen LogP) is 4.49. The van der Waals surface area contributed by atoms with Gasteiger partial charge in [-0.15, -0.1) is 0 Å². The molecule has 2 aliphatic rings. The molecule has 1 amide bonds. The maximum absolute atomic E-state index is 13.3. The predicted molar refractivity (Wildman–Crippen MR) is 147 cm³/mol. The normalized spacial score (nSPS) is 20.3. The van der Waals surface area contributed by atoms with Crippen LogP contribution in [0.25, 0.3) is 23.0 Å². The van der Waals surface area contributed by atoms with Gasteiger partial charge in [-0.1, -0.05) is 54.8 Å². The van der Waals surface area contributed by atoms with Crippen molar-refractivity contribution in [2.75, 3.05) is 18.1 Å². The number of hydrogen-bond donors (Lipinski definition) is 0. The number of para-hydroxylation sites is 1. The monoisotopic (exact) mass is 537 g/mol. The van der Waals surface area contributed by atoms with E-state index in [1.54, 1.807) is 16.8 Å². The molecule has 5 rings (SSSR count). The lowest BCUT2D eigenvalue weighted by atomic mass is 10.1. The highest BCUT2D eigenvalue weighted by molar-refractivity contribution is 8.26. The lowest BCUT2D eigenvalue weighted by Crippen LogP contribution is -2.39. The van der Waals surface area contributed by atoms with Gasteiger partial charge in [0, 0.05) is 17.3 Å². The zero-order valence-electron chi connectivity index (χ0n) is 19.2. The summed E-state index contributed by atoms with van der Waals surface area (Å²) in [6, 6.07) is 16.9. The van der Waals surface area contributed by atoms with Crippen LogP contribution in [-0.2, 0) is 14.6 Å². The van der Waals surface area contributed by atoms with E-state index in [1.807, 2.05) is 60.8 Å². The van der Waals surface area contributed by atoms with Gasteiger partial charge in [0.05, 0.1) is 33.8 Å². The molecule has 10 heteroatoms. The second kappa shape index (κ2) is 10.0. The SMILES string of the molecule is C=CCOc1ccc(-c2nn(-c3ccccc3)cc2/C=C2\SC(=S)N([C@H]3CCS(=O)(=O)C3)C2=O)cc1. The molecule has 0 unspecified atom stereocenters. The van der Waals surface area contributed by atoms with E-state index >= 15 is 0 Å². The van der Waals surface area contributed by atoms with Crippen molar-refractivity contribution in [2.24, 2.45) is 0 Å². The number of benzene rings is 2. The molecule has 0 bridgehead atoms. The molecule has 184 valence electrons. The third-order valence-electron chi connectivity index (χ3n) is 5.94. The minimum atomic E-state index is -3.15. The summed E-state index contributed by atoms with van der Waals surface area (Å²) in [4.78, 5) is 15.2. The fourth-order valence-electron chi connectivity index (χ4n) is 4.21. The maximum atomic E-state index is 13.3. The molecule has 0 radical (unpaired) electrons. The number of thioether (sulfide) groups is 1. The number of ether oxygens (including phenoxy) is 1. The number of sulfone groups is 1. The van der Waals surface area contributed by atoms with Gasteiger partial charge in [-0.3, -0.25) is 9.69 Å². The van der Waals surface area contributed by atoms with Crippen LogP contribution in [0.1, 0.15) is 12.0 Å². The summed E-state index contributed by atoms with van der Waals surface area (Å²) in [5.74, 6) is 0.479. The molecule has 2 fully saturated rings. The van der Waals surface area contributed by atoms with Crippen LogP contribution < -0.4 is 4.74 Å². The number of aromatic nitrogens is 2. The average molecular weight is 538 g/mol. The van der Waals surface area contributed by atoms with Crippen LogP contribution in [0.5, 0.6) is 5.75 Å². The summed E-state index contributed by atoms with van der Waals surface area (Å²) in [5, 5.41) is 4.81. The molecule has 0 saturated carbocycles. The van der Waals surface area contributed by atoms with Gasteiger partial charge in [-0.05, 0) is 48.9 Å². The van der Waals surface area contributed by atoms with Crippen molar-refractivity contribution in [3.63, 3.8) is 0 Å². The first-order valence-corrected chi connectivity index (χ1v) is 14.4. The van der Waals surface area contributed by atoms with E-state index < -0.39 is 15.9 Å². The van der Waals surface area contributed by atoms with Crippen LogP contribution >= 0.6 is 24.0 Å². The molecule has 36 heavy (non-hydrogen) atoms. The molecule has 0 aliphatic carbocycles. The zero-order valence-corrected chi connectivity index (χ0v) is 21.7. The fourth-order valence-corrected chi connectivity index (χ4v) is 7.30. The summed E-state index contributed by atoms with van der Waals surface area (Å²) in [7, 11) is -3.15. The number of rotatable bonds is 7. The molecule has 2 saturated heterocycles. The summed E-state index contributed by atoms with van der Waals surface area (Å²) >= 11 is 6.66. The molecule has 1 aromatic heterocycles. The Kier molecular flexibility index (Phi) is 6.83. The first-order valence-electron chi connectivity index (χ1n) is 11.3. The second-order valence-corrected chi connectivity index (χ2v) is 12.4. The Balaban J connectivity index is 1.51. The fraction of sp³-hybridized carbons (Fsp3) is 0.192. The van der Waals surface area contributed by atoms with Crippen LogP contribution in [0.4, 0.5) is 0 Å². The molecule has 3 aromatic rings. The second-order valence-electron chi connectivity index (χ2n) is 8.45.